The second-order valence-corrected chi connectivity index (χ2v) is 21.3. The number of ether oxygens (including phenoxy) is 1. The highest BCUT2D eigenvalue weighted by atomic mass is 16.5. The topological polar surface area (TPSA) is 335 Å². The standard InChI is InChI=1S/C57H81N9O13/c1-5-6-7-8-9-10-25-79-42-21-17-38(18-22-42)37-13-15-39(16-14-37)51(72)61-43-28-40(59-24-23-58)29-60-55(76)49-50(71)34(3)31-66(49)56(77)44(32-67)62-54(75)48(46(70)27-36-11-19-41(69)20-12-36)64-53(74)45-26-33(2)30-65(45)57(78)47(35(4)68)63-52(43)73/h11-22,33-35,40,43-50,59,67-71H,5-10,23-32,58H2,1-4H3,(H,60,76)(H,61,72)(H,62,75)(H,63,73)(H,64,74)/t33-,34+,35-,40?,43+,44+,45+,46-,47+,48+,49+,50+/m1/s1. The summed E-state index contributed by atoms with van der Waals surface area (Å²) in [6, 6.07) is 9.58. The summed E-state index contributed by atoms with van der Waals surface area (Å²) in [5, 5.41) is 71.0. The lowest BCUT2D eigenvalue weighted by atomic mass is 9.99. The number of fused-ring (bicyclic) bond motifs is 2. The van der Waals surface area contributed by atoms with Crippen LogP contribution in [-0.2, 0) is 35.2 Å². The summed E-state index contributed by atoms with van der Waals surface area (Å²) in [5.74, 6) is -6.57. The highest BCUT2D eigenvalue weighted by molar-refractivity contribution is 6.00. The molecule has 3 fully saturated rings. The molecule has 3 aliphatic heterocycles. The number of nitrogens with zero attached hydrogens (tertiary/aromatic N) is 2. The van der Waals surface area contributed by atoms with E-state index in [1.165, 1.54) is 56.9 Å². The van der Waals surface area contributed by atoms with Crippen LogP contribution in [0.2, 0.25) is 0 Å². The fraction of sp³-hybridized carbons (Fsp3) is 0.561. The molecular weight excluding hydrogens is 1020 g/mol. The number of nitrogens with two attached hydrogens (primary N) is 1. The summed E-state index contributed by atoms with van der Waals surface area (Å²) in [6.07, 6.45) is 1.80. The first kappa shape index (κ1) is 61.5. The molecule has 3 saturated heterocycles. The molecule has 7 amide bonds. The van der Waals surface area contributed by atoms with Crippen molar-refractivity contribution in [2.24, 2.45) is 17.6 Å². The van der Waals surface area contributed by atoms with Crippen molar-refractivity contribution in [1.29, 1.82) is 0 Å². The molecule has 3 aromatic rings. The summed E-state index contributed by atoms with van der Waals surface area (Å²) in [5.41, 5.74) is 8.18. The third kappa shape index (κ3) is 16.7. The molecule has 0 aliphatic carbocycles. The first-order valence-corrected chi connectivity index (χ1v) is 27.6. The molecule has 0 aromatic heterocycles. The van der Waals surface area contributed by atoms with Gasteiger partial charge in [0.25, 0.3) is 5.91 Å². The van der Waals surface area contributed by atoms with Gasteiger partial charge in [0.1, 0.15) is 47.8 Å². The van der Waals surface area contributed by atoms with Crippen LogP contribution in [-0.4, -0.2) is 183 Å². The molecule has 79 heavy (non-hydrogen) atoms. The molecule has 13 N–H and O–H groups in total. The van der Waals surface area contributed by atoms with Crippen molar-refractivity contribution in [2.75, 3.05) is 45.9 Å². The molecule has 0 bridgehead atoms. The summed E-state index contributed by atoms with van der Waals surface area (Å²) in [4.78, 5) is 103. The molecule has 1 unspecified atom stereocenters. The maximum atomic E-state index is 14.7. The van der Waals surface area contributed by atoms with E-state index in [4.69, 9.17) is 10.5 Å². The van der Waals surface area contributed by atoms with Gasteiger partial charge < -0.3 is 77.7 Å². The van der Waals surface area contributed by atoms with Gasteiger partial charge in [0.05, 0.1) is 31.5 Å². The van der Waals surface area contributed by atoms with E-state index in [1.807, 2.05) is 24.3 Å². The lowest BCUT2D eigenvalue weighted by molar-refractivity contribution is -0.146. The van der Waals surface area contributed by atoms with Crippen molar-refractivity contribution < 1.29 is 63.8 Å². The van der Waals surface area contributed by atoms with Crippen LogP contribution in [0.3, 0.4) is 0 Å². The predicted molar refractivity (Wildman–Crippen MR) is 293 cm³/mol. The number of aliphatic hydroxyl groups is 4. The summed E-state index contributed by atoms with van der Waals surface area (Å²) in [7, 11) is 0. The van der Waals surface area contributed by atoms with Crippen LogP contribution in [0.1, 0.15) is 95.0 Å². The normalized spacial score (nSPS) is 26.4. The zero-order valence-electron chi connectivity index (χ0n) is 45.6. The average Bonchev–Trinajstić information content (AvgIpc) is 4.03. The molecule has 432 valence electrons. The molecule has 3 aliphatic rings. The number of benzene rings is 3. The zero-order valence-corrected chi connectivity index (χ0v) is 45.6. The van der Waals surface area contributed by atoms with Crippen molar-refractivity contribution in [3.63, 3.8) is 0 Å². The third-order valence-electron chi connectivity index (χ3n) is 14.9. The Kier molecular flexibility index (Phi) is 23.0. The summed E-state index contributed by atoms with van der Waals surface area (Å²) in [6.45, 7) is 6.29. The molecule has 22 heteroatoms. The van der Waals surface area contributed by atoms with Crippen molar-refractivity contribution >= 4 is 41.4 Å². The van der Waals surface area contributed by atoms with E-state index in [0.29, 0.717) is 12.2 Å². The number of hydrogen-bond acceptors (Lipinski definition) is 15. The number of unbranched alkanes of at least 4 members (excludes halogenated alkanes) is 5. The molecule has 22 nitrogen and oxygen atoms in total. The van der Waals surface area contributed by atoms with Gasteiger partial charge in [0, 0.05) is 56.7 Å². The number of rotatable bonds is 19. The first-order valence-electron chi connectivity index (χ1n) is 27.6. The molecule has 3 aromatic carbocycles. The SMILES string of the molecule is CCCCCCCCOc1ccc(-c2ccc(C(=O)N[C@H]3CC(NCCN)CNC(=O)[C@@H]4[C@@H](O)[C@@H](C)CN4C(=O)[C@H](CO)NC(=O)[C@H]([C@H](O)Cc4ccc(O)cc4)NC(=O)[C@@H]4C[C@@H](C)CN4C(=O)[C@H]([C@@H](C)O)NC3=O)cc2)cc1. The highest BCUT2D eigenvalue weighted by Gasteiger charge is 2.48. The molecule has 0 radical (unpaired) electrons. The predicted octanol–water partition coefficient (Wildman–Crippen LogP) is 0.210. The lowest BCUT2D eigenvalue weighted by Gasteiger charge is -2.33. The van der Waals surface area contributed by atoms with Gasteiger partial charge in [-0.15, -0.1) is 0 Å². The Morgan fingerprint density at radius 2 is 1.42 bits per heavy atom. The second kappa shape index (κ2) is 29.5. The summed E-state index contributed by atoms with van der Waals surface area (Å²) < 4.78 is 5.95. The Morgan fingerprint density at radius 3 is 2.06 bits per heavy atom. The number of hydrogen-bond donors (Lipinski definition) is 12. The molecule has 12 atom stereocenters. The van der Waals surface area contributed by atoms with Gasteiger partial charge in [-0.05, 0) is 85.2 Å². The molecule has 6 rings (SSSR count). The van der Waals surface area contributed by atoms with Crippen molar-refractivity contribution in [3.05, 3.63) is 83.9 Å². The van der Waals surface area contributed by atoms with E-state index < -0.39 is 114 Å². The molecule has 3 heterocycles. The quantitative estimate of drug-likeness (QED) is 0.0715. The smallest absolute Gasteiger partial charge is 0.251 e. The number of amides is 7. The Hall–Kier alpha value is -6.69. The first-order chi connectivity index (χ1) is 37.8. The van der Waals surface area contributed by atoms with Crippen LogP contribution in [0.4, 0.5) is 0 Å². The number of phenolic OH excluding ortho intramolecular Hbond substituents is 1. The van der Waals surface area contributed by atoms with Gasteiger partial charge in [0.2, 0.25) is 35.4 Å². The van der Waals surface area contributed by atoms with E-state index in [2.05, 4.69) is 38.8 Å². The third-order valence-corrected chi connectivity index (χ3v) is 14.9. The number of aromatic hydroxyl groups is 1. The Balaban J connectivity index is 1.30. The van der Waals surface area contributed by atoms with Gasteiger partial charge in [0.15, 0.2) is 0 Å². The van der Waals surface area contributed by atoms with Crippen LogP contribution < -0.4 is 42.4 Å². The van der Waals surface area contributed by atoms with Crippen LogP contribution in [0.5, 0.6) is 11.5 Å². The van der Waals surface area contributed by atoms with E-state index in [-0.39, 0.29) is 69.2 Å². The van der Waals surface area contributed by atoms with E-state index in [1.54, 1.807) is 38.1 Å². The van der Waals surface area contributed by atoms with Gasteiger partial charge >= 0.3 is 0 Å². The number of carbonyl (C=O) groups is 7. The highest BCUT2D eigenvalue weighted by Crippen LogP contribution is 2.28. The molecule has 0 saturated carbocycles. The van der Waals surface area contributed by atoms with Gasteiger partial charge in [-0.1, -0.05) is 89.3 Å². The Bertz CT molecular complexity index is 2520. The average molecular weight is 1100 g/mol. The van der Waals surface area contributed by atoms with Crippen LogP contribution in [0, 0.1) is 11.8 Å². The minimum Gasteiger partial charge on any atom is -0.508 e. The van der Waals surface area contributed by atoms with Crippen LogP contribution in [0.25, 0.3) is 11.1 Å². The zero-order chi connectivity index (χ0) is 57.3. The van der Waals surface area contributed by atoms with Crippen molar-refractivity contribution in [2.45, 2.75) is 146 Å². The maximum absolute atomic E-state index is 14.7. The summed E-state index contributed by atoms with van der Waals surface area (Å²) >= 11 is 0. The second-order valence-electron chi connectivity index (χ2n) is 21.3. The maximum Gasteiger partial charge on any atom is 0.251 e. The van der Waals surface area contributed by atoms with Gasteiger partial charge in [-0.2, -0.15) is 0 Å². The van der Waals surface area contributed by atoms with E-state index in [0.717, 1.165) is 39.5 Å². The minimum atomic E-state index is -1.83. The van der Waals surface area contributed by atoms with Gasteiger partial charge in [-0.25, -0.2) is 0 Å². The number of aliphatic hydroxyl groups excluding tert-OH is 4. The number of phenols is 1. The van der Waals surface area contributed by atoms with Crippen molar-refractivity contribution in [3.8, 4) is 22.6 Å². The fourth-order valence-corrected chi connectivity index (χ4v) is 10.4. The Labute approximate surface area is 461 Å². The van der Waals surface area contributed by atoms with Crippen molar-refractivity contribution in [1.82, 2.24) is 41.7 Å². The largest absolute Gasteiger partial charge is 0.508 e. The monoisotopic (exact) mass is 1100 g/mol. The molecular formula is C57H81N9O13. The van der Waals surface area contributed by atoms with Crippen LogP contribution >= 0.6 is 0 Å². The van der Waals surface area contributed by atoms with Gasteiger partial charge in [-0.3, -0.25) is 33.6 Å². The fourth-order valence-electron chi connectivity index (χ4n) is 10.4. The number of carbonyl (C=O) groups excluding carboxylic acids is 7. The lowest BCUT2D eigenvalue weighted by Crippen LogP contribution is -2.63. The minimum absolute atomic E-state index is 0.0244. The van der Waals surface area contributed by atoms with Crippen LogP contribution in [0.15, 0.2) is 72.8 Å². The van der Waals surface area contributed by atoms with E-state index >= 15 is 0 Å². The Morgan fingerprint density at radius 1 is 0.772 bits per heavy atom. The van der Waals surface area contributed by atoms with E-state index in [9.17, 15) is 59.1 Å². The number of nitrogens with one attached hydrogen (secondary N) is 6. The molecule has 0 spiro atoms.